The summed E-state index contributed by atoms with van der Waals surface area (Å²) in [6.07, 6.45) is 1.56. The van der Waals surface area contributed by atoms with E-state index in [0.717, 1.165) is 5.56 Å². The summed E-state index contributed by atoms with van der Waals surface area (Å²) in [5.74, 6) is 0.347. The van der Waals surface area contributed by atoms with Crippen LogP contribution in [-0.4, -0.2) is 40.0 Å². The SMILES string of the molecule is CCN(CC)C(=O)c1ccc(CNC(=O)c2cc(-c3ccco3)[nH]n2)cc1. The van der Waals surface area contributed by atoms with Crippen LogP contribution in [0.2, 0.25) is 0 Å². The molecule has 0 aliphatic carbocycles. The first-order chi connectivity index (χ1) is 13.1. The molecule has 1 aromatic carbocycles. The molecule has 0 aliphatic heterocycles. The van der Waals surface area contributed by atoms with Gasteiger partial charge in [-0.05, 0) is 43.7 Å². The average molecular weight is 366 g/mol. The molecule has 7 heteroatoms. The minimum atomic E-state index is -0.285. The minimum Gasteiger partial charge on any atom is -0.463 e. The van der Waals surface area contributed by atoms with Crippen LogP contribution in [0.4, 0.5) is 0 Å². The van der Waals surface area contributed by atoms with Crippen molar-refractivity contribution in [3.8, 4) is 11.5 Å². The first-order valence-electron chi connectivity index (χ1n) is 8.88. The van der Waals surface area contributed by atoms with E-state index in [-0.39, 0.29) is 17.5 Å². The van der Waals surface area contributed by atoms with Gasteiger partial charge in [-0.3, -0.25) is 14.7 Å². The summed E-state index contributed by atoms with van der Waals surface area (Å²) < 4.78 is 5.27. The fourth-order valence-electron chi connectivity index (χ4n) is 2.73. The maximum atomic E-state index is 12.3. The van der Waals surface area contributed by atoms with E-state index in [0.29, 0.717) is 36.7 Å². The predicted octanol–water partition coefficient (Wildman–Crippen LogP) is 3.08. The lowest BCUT2D eigenvalue weighted by molar-refractivity contribution is 0.0772. The first-order valence-corrected chi connectivity index (χ1v) is 8.88. The van der Waals surface area contributed by atoms with E-state index >= 15 is 0 Å². The van der Waals surface area contributed by atoms with Crippen LogP contribution in [0.3, 0.4) is 0 Å². The van der Waals surface area contributed by atoms with Crippen LogP contribution in [0.1, 0.15) is 40.3 Å². The molecule has 0 aliphatic rings. The Morgan fingerprint density at radius 3 is 2.52 bits per heavy atom. The summed E-state index contributed by atoms with van der Waals surface area (Å²) >= 11 is 0. The summed E-state index contributed by atoms with van der Waals surface area (Å²) in [5, 5.41) is 9.61. The number of nitrogens with one attached hydrogen (secondary N) is 2. The molecule has 2 aromatic heterocycles. The molecule has 0 fully saturated rings. The minimum absolute atomic E-state index is 0.0116. The standard InChI is InChI=1S/C20H22N4O3/c1-3-24(4-2)20(26)15-9-7-14(8-10-15)13-21-19(25)17-12-16(22-23-17)18-6-5-11-27-18/h5-12H,3-4,13H2,1-2H3,(H,21,25)(H,22,23). The van der Waals surface area contributed by atoms with Gasteiger partial charge in [0.25, 0.3) is 11.8 Å². The topological polar surface area (TPSA) is 91.2 Å². The highest BCUT2D eigenvalue weighted by Gasteiger charge is 2.14. The molecule has 3 aromatic rings. The molecule has 0 radical (unpaired) electrons. The molecular formula is C20H22N4O3. The Hall–Kier alpha value is -3.35. The number of nitrogens with zero attached hydrogens (tertiary/aromatic N) is 2. The van der Waals surface area contributed by atoms with Crippen LogP contribution in [-0.2, 0) is 6.54 Å². The van der Waals surface area contributed by atoms with Crippen molar-refractivity contribution >= 4 is 11.8 Å². The van der Waals surface area contributed by atoms with Gasteiger partial charge in [0.1, 0.15) is 5.69 Å². The quantitative estimate of drug-likeness (QED) is 0.672. The Balaban J connectivity index is 1.58. The number of hydrogen-bond donors (Lipinski definition) is 2. The second kappa shape index (κ2) is 8.35. The number of aromatic amines is 1. The van der Waals surface area contributed by atoms with E-state index < -0.39 is 0 Å². The molecule has 2 heterocycles. The van der Waals surface area contributed by atoms with Crippen molar-refractivity contribution in [1.29, 1.82) is 0 Å². The lowest BCUT2D eigenvalue weighted by atomic mass is 10.1. The van der Waals surface area contributed by atoms with Crippen molar-refractivity contribution in [2.24, 2.45) is 0 Å². The van der Waals surface area contributed by atoms with Gasteiger partial charge in [0.15, 0.2) is 11.5 Å². The Bertz CT molecular complexity index is 894. The number of hydrogen-bond acceptors (Lipinski definition) is 4. The zero-order chi connectivity index (χ0) is 19.2. The van der Waals surface area contributed by atoms with Gasteiger partial charge in [0, 0.05) is 31.3 Å². The molecule has 0 unspecified atom stereocenters. The van der Waals surface area contributed by atoms with Crippen molar-refractivity contribution in [1.82, 2.24) is 20.4 Å². The Labute approximate surface area is 157 Å². The van der Waals surface area contributed by atoms with Gasteiger partial charge in [0.05, 0.1) is 6.26 Å². The number of carbonyl (C=O) groups is 2. The number of carbonyl (C=O) groups excluding carboxylic acids is 2. The Morgan fingerprint density at radius 1 is 1.15 bits per heavy atom. The highest BCUT2D eigenvalue weighted by Crippen LogP contribution is 2.17. The van der Waals surface area contributed by atoms with Crippen LogP contribution >= 0.6 is 0 Å². The molecule has 2 N–H and O–H groups in total. The lowest BCUT2D eigenvalue weighted by Crippen LogP contribution is -2.30. The van der Waals surface area contributed by atoms with E-state index in [2.05, 4.69) is 15.5 Å². The predicted molar refractivity (Wildman–Crippen MR) is 101 cm³/mol. The molecule has 0 bridgehead atoms. The van der Waals surface area contributed by atoms with Gasteiger partial charge in [0.2, 0.25) is 0 Å². The molecular weight excluding hydrogens is 344 g/mol. The van der Waals surface area contributed by atoms with Crippen molar-refractivity contribution in [3.63, 3.8) is 0 Å². The van der Waals surface area contributed by atoms with Gasteiger partial charge in [-0.15, -0.1) is 0 Å². The number of H-pyrrole nitrogens is 1. The molecule has 3 rings (SSSR count). The molecule has 0 spiro atoms. The van der Waals surface area contributed by atoms with E-state index in [4.69, 9.17) is 4.42 Å². The second-order valence-electron chi connectivity index (χ2n) is 6.00. The van der Waals surface area contributed by atoms with E-state index in [1.54, 1.807) is 41.5 Å². The van der Waals surface area contributed by atoms with Gasteiger partial charge in [-0.1, -0.05) is 12.1 Å². The number of rotatable bonds is 7. The van der Waals surface area contributed by atoms with Gasteiger partial charge < -0.3 is 14.6 Å². The van der Waals surface area contributed by atoms with E-state index in [1.807, 2.05) is 26.0 Å². The molecule has 0 saturated heterocycles. The highest BCUT2D eigenvalue weighted by molar-refractivity contribution is 5.94. The molecule has 140 valence electrons. The fourth-order valence-corrected chi connectivity index (χ4v) is 2.73. The van der Waals surface area contributed by atoms with Crippen LogP contribution in [0, 0.1) is 0 Å². The third-order valence-corrected chi connectivity index (χ3v) is 4.30. The fraction of sp³-hybridized carbons (Fsp3) is 0.250. The Morgan fingerprint density at radius 2 is 1.89 bits per heavy atom. The Kier molecular flexibility index (Phi) is 5.71. The van der Waals surface area contributed by atoms with Crippen LogP contribution in [0.5, 0.6) is 0 Å². The zero-order valence-corrected chi connectivity index (χ0v) is 15.4. The number of aromatic nitrogens is 2. The number of amides is 2. The second-order valence-corrected chi connectivity index (χ2v) is 6.00. The maximum absolute atomic E-state index is 12.3. The van der Waals surface area contributed by atoms with Crippen molar-refractivity contribution < 1.29 is 14.0 Å². The summed E-state index contributed by atoms with van der Waals surface area (Å²) in [6, 6.07) is 12.4. The number of benzene rings is 1. The van der Waals surface area contributed by atoms with Crippen molar-refractivity contribution in [2.75, 3.05) is 13.1 Å². The van der Waals surface area contributed by atoms with Crippen molar-refractivity contribution in [2.45, 2.75) is 20.4 Å². The normalized spacial score (nSPS) is 10.6. The molecule has 7 nitrogen and oxygen atoms in total. The van der Waals surface area contributed by atoms with Crippen molar-refractivity contribution in [3.05, 3.63) is 65.5 Å². The van der Waals surface area contributed by atoms with Gasteiger partial charge >= 0.3 is 0 Å². The molecule has 27 heavy (non-hydrogen) atoms. The smallest absolute Gasteiger partial charge is 0.272 e. The third-order valence-electron chi connectivity index (χ3n) is 4.30. The lowest BCUT2D eigenvalue weighted by Gasteiger charge is -2.18. The van der Waals surface area contributed by atoms with Crippen LogP contribution < -0.4 is 5.32 Å². The van der Waals surface area contributed by atoms with Crippen LogP contribution in [0.25, 0.3) is 11.5 Å². The van der Waals surface area contributed by atoms with E-state index in [1.165, 1.54) is 0 Å². The number of furan rings is 1. The monoisotopic (exact) mass is 366 g/mol. The first kappa shape index (κ1) is 18.4. The van der Waals surface area contributed by atoms with Crippen LogP contribution in [0.15, 0.2) is 53.1 Å². The van der Waals surface area contributed by atoms with Gasteiger partial charge in [-0.25, -0.2) is 0 Å². The average Bonchev–Trinajstić information content (AvgIpc) is 3.39. The summed E-state index contributed by atoms with van der Waals surface area (Å²) in [5.41, 5.74) is 2.48. The van der Waals surface area contributed by atoms with Gasteiger partial charge in [-0.2, -0.15) is 5.10 Å². The van der Waals surface area contributed by atoms with E-state index in [9.17, 15) is 9.59 Å². The molecule has 0 saturated carbocycles. The summed E-state index contributed by atoms with van der Waals surface area (Å²) in [4.78, 5) is 26.3. The largest absolute Gasteiger partial charge is 0.463 e. The zero-order valence-electron chi connectivity index (χ0n) is 15.4. The summed E-state index contributed by atoms with van der Waals surface area (Å²) in [7, 11) is 0. The molecule has 0 atom stereocenters. The summed E-state index contributed by atoms with van der Waals surface area (Å²) in [6.45, 7) is 5.62. The molecule has 2 amide bonds. The third kappa shape index (κ3) is 4.25. The maximum Gasteiger partial charge on any atom is 0.272 e. The highest BCUT2D eigenvalue weighted by atomic mass is 16.3.